The molecule has 2 aliphatic carbocycles. The fourth-order valence-electron chi connectivity index (χ4n) is 2.74. The van der Waals surface area contributed by atoms with E-state index < -0.39 is 0 Å². The summed E-state index contributed by atoms with van der Waals surface area (Å²) >= 11 is 5.69. The van der Waals surface area contributed by atoms with Crippen molar-refractivity contribution in [3.63, 3.8) is 0 Å². The van der Waals surface area contributed by atoms with E-state index in [1.54, 1.807) is 0 Å². The summed E-state index contributed by atoms with van der Waals surface area (Å²) in [5.41, 5.74) is 0.747. The largest absolute Gasteiger partial charge is 0.352 e. The molecule has 2 saturated carbocycles. The van der Waals surface area contributed by atoms with Crippen molar-refractivity contribution in [2.45, 2.75) is 25.7 Å². The third-order valence-electron chi connectivity index (χ3n) is 4.13. The monoisotopic (exact) mass is 433 g/mol. The molecule has 4 heteroatoms. The minimum absolute atomic E-state index is 0.0525. The van der Waals surface area contributed by atoms with Crippen molar-refractivity contribution in [2.75, 3.05) is 6.54 Å². The summed E-state index contributed by atoms with van der Waals surface area (Å²) in [6.45, 7) is 0.853. The molecule has 19 heavy (non-hydrogen) atoms. The zero-order chi connectivity index (χ0) is 13.4. The molecule has 2 aliphatic rings. The zero-order valence-corrected chi connectivity index (χ0v) is 14.4. The van der Waals surface area contributed by atoms with E-state index in [0.29, 0.717) is 0 Å². The number of benzene rings is 1. The Hall–Kier alpha value is -0.100. The van der Waals surface area contributed by atoms with E-state index in [1.165, 1.54) is 25.7 Å². The molecule has 102 valence electrons. The molecule has 1 N–H and O–H groups in total. The molecule has 3 rings (SSSR count). The van der Waals surface area contributed by atoms with Crippen LogP contribution in [0.15, 0.2) is 22.7 Å². The molecule has 2 fully saturated rings. The normalized spacial score (nSPS) is 18.7. The summed E-state index contributed by atoms with van der Waals surface area (Å²) in [7, 11) is 0. The molecular weight excluding hydrogens is 417 g/mol. The van der Waals surface area contributed by atoms with Crippen LogP contribution in [0.3, 0.4) is 0 Å². The molecule has 1 aromatic carbocycles. The summed E-state index contributed by atoms with van der Waals surface area (Å²) in [6, 6.07) is 5.87. The number of carbonyl (C=O) groups is 1. The number of nitrogens with one attached hydrogen (secondary N) is 1. The summed E-state index contributed by atoms with van der Waals surface area (Å²) < 4.78 is 1.96. The van der Waals surface area contributed by atoms with Crippen LogP contribution >= 0.6 is 38.5 Å². The van der Waals surface area contributed by atoms with Gasteiger partial charge in [0.15, 0.2) is 0 Å². The Bertz CT molecular complexity index is 485. The maximum atomic E-state index is 12.3. The van der Waals surface area contributed by atoms with Gasteiger partial charge in [0.05, 0.1) is 5.56 Å². The first-order valence-corrected chi connectivity index (χ1v) is 8.75. The summed E-state index contributed by atoms with van der Waals surface area (Å²) in [4.78, 5) is 12.3. The van der Waals surface area contributed by atoms with E-state index in [1.807, 2.05) is 18.2 Å². The second-order valence-electron chi connectivity index (χ2n) is 5.67. The highest BCUT2D eigenvalue weighted by molar-refractivity contribution is 14.1. The van der Waals surface area contributed by atoms with Gasteiger partial charge in [-0.2, -0.15) is 0 Å². The highest BCUT2D eigenvalue weighted by Crippen LogP contribution is 2.48. The summed E-state index contributed by atoms with van der Waals surface area (Å²) in [5, 5.41) is 3.14. The van der Waals surface area contributed by atoms with Crippen LogP contribution in [0.25, 0.3) is 0 Å². The maximum Gasteiger partial charge on any atom is 0.252 e. The first kappa shape index (κ1) is 13.9. The van der Waals surface area contributed by atoms with Crippen LogP contribution in [0.4, 0.5) is 0 Å². The number of hydrogen-bond acceptors (Lipinski definition) is 1. The Morgan fingerprint density at radius 2 is 1.95 bits per heavy atom. The number of amides is 1. The van der Waals surface area contributed by atoms with Crippen molar-refractivity contribution in [1.82, 2.24) is 5.32 Å². The van der Waals surface area contributed by atoms with Gasteiger partial charge in [-0.15, -0.1) is 0 Å². The number of carbonyl (C=O) groups excluding carboxylic acids is 1. The summed E-state index contributed by atoms with van der Waals surface area (Å²) in [6.07, 6.45) is 5.46. The van der Waals surface area contributed by atoms with Crippen molar-refractivity contribution in [3.05, 3.63) is 31.8 Å². The van der Waals surface area contributed by atoms with Gasteiger partial charge in [0.2, 0.25) is 0 Å². The molecule has 0 aromatic heterocycles. The molecule has 0 aliphatic heterocycles. The second-order valence-corrected chi connectivity index (χ2v) is 7.77. The Morgan fingerprint density at radius 3 is 2.53 bits per heavy atom. The second kappa shape index (κ2) is 5.72. The minimum Gasteiger partial charge on any atom is -0.352 e. The minimum atomic E-state index is 0.0525. The number of halogens is 2. The third kappa shape index (κ3) is 3.51. The Labute approximate surface area is 136 Å². The molecule has 1 amide bonds. The Balaban J connectivity index is 1.62. The van der Waals surface area contributed by atoms with E-state index in [0.717, 1.165) is 37.9 Å². The van der Waals surface area contributed by atoms with Crippen LogP contribution in [-0.2, 0) is 0 Å². The van der Waals surface area contributed by atoms with Crippen molar-refractivity contribution in [3.8, 4) is 0 Å². The van der Waals surface area contributed by atoms with Gasteiger partial charge >= 0.3 is 0 Å². The lowest BCUT2D eigenvalue weighted by Gasteiger charge is -2.16. The molecule has 0 radical (unpaired) electrons. The van der Waals surface area contributed by atoms with Crippen molar-refractivity contribution < 1.29 is 4.79 Å². The number of hydrogen-bond donors (Lipinski definition) is 1. The fourth-order valence-corrected chi connectivity index (χ4v) is 3.66. The lowest BCUT2D eigenvalue weighted by atomic mass is 9.98. The predicted octanol–water partition coefficient (Wildman–Crippen LogP) is 4.22. The molecule has 0 bridgehead atoms. The average Bonchev–Trinajstić information content (AvgIpc) is 3.25. The van der Waals surface area contributed by atoms with Gasteiger partial charge < -0.3 is 5.32 Å². The van der Waals surface area contributed by atoms with Gasteiger partial charge in [-0.1, -0.05) is 0 Å². The molecule has 0 spiro atoms. The van der Waals surface area contributed by atoms with Crippen LogP contribution in [-0.4, -0.2) is 12.5 Å². The standard InChI is InChI=1S/C15H17BrINO/c16-14-6-5-11(17)7-12(14)15(19)18-8-13(9-1-2-9)10-3-4-10/h5-7,9-10,13H,1-4,8H2,(H,18,19). The summed E-state index contributed by atoms with van der Waals surface area (Å²) in [5.74, 6) is 2.54. The number of rotatable bonds is 5. The lowest BCUT2D eigenvalue weighted by molar-refractivity contribution is 0.0942. The first-order valence-electron chi connectivity index (χ1n) is 6.88. The van der Waals surface area contributed by atoms with Gasteiger partial charge in [-0.3, -0.25) is 4.79 Å². The van der Waals surface area contributed by atoms with Gasteiger partial charge in [0, 0.05) is 14.6 Å². The lowest BCUT2D eigenvalue weighted by Crippen LogP contribution is -2.31. The molecule has 0 saturated heterocycles. The molecule has 0 atom stereocenters. The Kier molecular flexibility index (Phi) is 4.17. The van der Waals surface area contributed by atoms with E-state index >= 15 is 0 Å². The average molecular weight is 434 g/mol. The third-order valence-corrected chi connectivity index (χ3v) is 5.49. The topological polar surface area (TPSA) is 29.1 Å². The molecule has 0 unspecified atom stereocenters. The first-order chi connectivity index (χ1) is 9.15. The molecular formula is C15H17BrINO. The van der Waals surface area contributed by atoms with Crippen LogP contribution < -0.4 is 5.32 Å². The maximum absolute atomic E-state index is 12.3. The quantitative estimate of drug-likeness (QED) is 0.692. The van der Waals surface area contributed by atoms with Crippen molar-refractivity contribution in [1.29, 1.82) is 0 Å². The molecule has 2 nitrogen and oxygen atoms in total. The smallest absolute Gasteiger partial charge is 0.252 e. The highest BCUT2D eigenvalue weighted by Gasteiger charge is 2.41. The Morgan fingerprint density at radius 1 is 1.32 bits per heavy atom. The van der Waals surface area contributed by atoms with E-state index in [-0.39, 0.29) is 5.91 Å². The van der Waals surface area contributed by atoms with Crippen LogP contribution in [0.2, 0.25) is 0 Å². The van der Waals surface area contributed by atoms with Gasteiger partial charge in [0.25, 0.3) is 5.91 Å². The van der Waals surface area contributed by atoms with E-state index in [4.69, 9.17) is 0 Å². The van der Waals surface area contributed by atoms with Gasteiger partial charge in [-0.05, 0) is 100 Å². The van der Waals surface area contributed by atoms with Crippen LogP contribution in [0.5, 0.6) is 0 Å². The highest BCUT2D eigenvalue weighted by atomic mass is 127. The predicted molar refractivity (Wildman–Crippen MR) is 88.1 cm³/mol. The van der Waals surface area contributed by atoms with Gasteiger partial charge in [-0.25, -0.2) is 0 Å². The zero-order valence-electron chi connectivity index (χ0n) is 10.7. The van der Waals surface area contributed by atoms with E-state index in [9.17, 15) is 4.79 Å². The molecule has 1 aromatic rings. The fraction of sp³-hybridized carbons (Fsp3) is 0.533. The van der Waals surface area contributed by atoms with Crippen LogP contribution in [0.1, 0.15) is 36.0 Å². The van der Waals surface area contributed by atoms with Crippen LogP contribution in [0, 0.1) is 21.3 Å². The van der Waals surface area contributed by atoms with Crippen molar-refractivity contribution >= 4 is 44.4 Å². The SMILES string of the molecule is O=C(NCC(C1CC1)C1CC1)c1cc(I)ccc1Br. The molecule has 0 heterocycles. The van der Waals surface area contributed by atoms with Gasteiger partial charge in [0.1, 0.15) is 0 Å². The van der Waals surface area contributed by atoms with E-state index in [2.05, 4.69) is 43.8 Å². The van der Waals surface area contributed by atoms with Crippen molar-refractivity contribution in [2.24, 2.45) is 17.8 Å².